The lowest BCUT2D eigenvalue weighted by atomic mass is 10.1. The third kappa shape index (κ3) is 2.90. The molecule has 2 aliphatic rings. The second kappa shape index (κ2) is 4.81. The van der Waals surface area contributed by atoms with Gasteiger partial charge >= 0.3 is 0 Å². The van der Waals surface area contributed by atoms with Gasteiger partial charge in [0.1, 0.15) is 0 Å². The SMILES string of the molecule is CC1CCC(NCc2cccc(C3CC3)c2)C1. The summed E-state index contributed by atoms with van der Waals surface area (Å²) in [6, 6.07) is 9.94. The van der Waals surface area contributed by atoms with Gasteiger partial charge in [-0.05, 0) is 55.1 Å². The lowest BCUT2D eigenvalue weighted by molar-refractivity contribution is 0.502. The molecule has 0 heterocycles. The molecule has 2 aliphatic carbocycles. The van der Waals surface area contributed by atoms with Crippen LogP contribution in [0.25, 0.3) is 0 Å². The van der Waals surface area contributed by atoms with E-state index in [2.05, 4.69) is 36.5 Å². The number of nitrogens with one attached hydrogen (secondary N) is 1. The smallest absolute Gasteiger partial charge is 0.0208 e. The standard InChI is InChI=1S/C16H23N/c1-12-5-8-16(9-12)17-11-13-3-2-4-15(10-13)14-6-7-14/h2-4,10,12,14,16-17H,5-9,11H2,1H3. The number of hydrogen-bond donors (Lipinski definition) is 1. The Bertz CT molecular complexity index is 381. The molecule has 2 atom stereocenters. The van der Waals surface area contributed by atoms with Crippen LogP contribution in [0.1, 0.15) is 56.1 Å². The van der Waals surface area contributed by atoms with Crippen LogP contribution in [0.5, 0.6) is 0 Å². The number of benzene rings is 1. The van der Waals surface area contributed by atoms with Gasteiger partial charge in [-0.2, -0.15) is 0 Å². The minimum Gasteiger partial charge on any atom is -0.310 e. The second-order valence-corrected chi connectivity index (χ2v) is 6.02. The van der Waals surface area contributed by atoms with Gasteiger partial charge in [0, 0.05) is 12.6 Å². The minimum absolute atomic E-state index is 0.759. The molecule has 92 valence electrons. The molecule has 0 aromatic heterocycles. The largest absolute Gasteiger partial charge is 0.310 e. The second-order valence-electron chi connectivity index (χ2n) is 6.02. The average molecular weight is 229 g/mol. The van der Waals surface area contributed by atoms with E-state index in [1.54, 1.807) is 5.56 Å². The number of hydrogen-bond acceptors (Lipinski definition) is 1. The van der Waals surface area contributed by atoms with Crippen molar-refractivity contribution in [1.82, 2.24) is 5.32 Å². The highest BCUT2D eigenvalue weighted by atomic mass is 14.9. The van der Waals surface area contributed by atoms with Crippen LogP contribution in [0.15, 0.2) is 24.3 Å². The van der Waals surface area contributed by atoms with Gasteiger partial charge in [0.25, 0.3) is 0 Å². The Morgan fingerprint density at radius 3 is 2.76 bits per heavy atom. The first kappa shape index (κ1) is 11.3. The molecule has 1 heteroatoms. The third-order valence-electron chi connectivity index (χ3n) is 4.29. The highest BCUT2D eigenvalue weighted by molar-refractivity contribution is 5.29. The molecule has 0 amide bonds. The molecule has 0 saturated heterocycles. The molecule has 3 rings (SSSR count). The maximum Gasteiger partial charge on any atom is 0.0208 e. The van der Waals surface area contributed by atoms with Gasteiger partial charge in [-0.3, -0.25) is 0 Å². The summed E-state index contributed by atoms with van der Waals surface area (Å²) in [4.78, 5) is 0. The molecule has 1 nitrogen and oxygen atoms in total. The van der Waals surface area contributed by atoms with Crippen LogP contribution in [0.2, 0.25) is 0 Å². The molecule has 0 aliphatic heterocycles. The van der Waals surface area contributed by atoms with Crippen molar-refractivity contribution >= 4 is 0 Å². The molecule has 2 fully saturated rings. The van der Waals surface area contributed by atoms with E-state index in [1.807, 2.05) is 0 Å². The topological polar surface area (TPSA) is 12.0 Å². The highest BCUT2D eigenvalue weighted by Gasteiger charge is 2.23. The highest BCUT2D eigenvalue weighted by Crippen LogP contribution is 2.40. The van der Waals surface area contributed by atoms with Gasteiger partial charge in [-0.25, -0.2) is 0 Å². The van der Waals surface area contributed by atoms with Gasteiger partial charge in [0.15, 0.2) is 0 Å². The fraction of sp³-hybridized carbons (Fsp3) is 0.625. The van der Waals surface area contributed by atoms with Crippen molar-refractivity contribution in [2.45, 2.75) is 57.5 Å². The quantitative estimate of drug-likeness (QED) is 0.827. The zero-order valence-electron chi connectivity index (χ0n) is 10.8. The molecular weight excluding hydrogens is 206 g/mol. The van der Waals surface area contributed by atoms with Gasteiger partial charge in [0.05, 0.1) is 0 Å². The molecule has 1 aromatic rings. The summed E-state index contributed by atoms with van der Waals surface area (Å²) >= 11 is 0. The van der Waals surface area contributed by atoms with E-state index in [0.29, 0.717) is 0 Å². The summed E-state index contributed by atoms with van der Waals surface area (Å²) in [5.74, 6) is 1.80. The van der Waals surface area contributed by atoms with Crippen molar-refractivity contribution in [3.8, 4) is 0 Å². The summed E-state index contributed by atoms with van der Waals surface area (Å²) in [6.07, 6.45) is 6.93. The maximum atomic E-state index is 3.71. The zero-order valence-corrected chi connectivity index (χ0v) is 10.8. The first-order chi connectivity index (χ1) is 8.31. The Labute approximate surface area is 105 Å². The summed E-state index contributed by atoms with van der Waals surface area (Å²) in [7, 11) is 0. The lowest BCUT2D eigenvalue weighted by Crippen LogP contribution is -2.25. The predicted octanol–water partition coefficient (Wildman–Crippen LogP) is 3.84. The summed E-state index contributed by atoms with van der Waals surface area (Å²) < 4.78 is 0. The van der Waals surface area contributed by atoms with Gasteiger partial charge in [0.2, 0.25) is 0 Å². The van der Waals surface area contributed by atoms with Crippen molar-refractivity contribution in [1.29, 1.82) is 0 Å². The lowest BCUT2D eigenvalue weighted by Gasteiger charge is -2.13. The van der Waals surface area contributed by atoms with Gasteiger partial charge in [-0.15, -0.1) is 0 Å². The first-order valence-electron chi connectivity index (χ1n) is 7.13. The summed E-state index contributed by atoms with van der Waals surface area (Å²) in [5, 5.41) is 3.71. The monoisotopic (exact) mass is 229 g/mol. The average Bonchev–Trinajstić information content (AvgIpc) is 3.11. The number of rotatable bonds is 4. The van der Waals surface area contributed by atoms with Crippen LogP contribution in [0.4, 0.5) is 0 Å². The zero-order chi connectivity index (χ0) is 11.7. The Balaban J connectivity index is 1.55. The molecule has 0 radical (unpaired) electrons. The first-order valence-corrected chi connectivity index (χ1v) is 7.13. The van der Waals surface area contributed by atoms with Crippen LogP contribution < -0.4 is 5.32 Å². The van der Waals surface area contributed by atoms with Gasteiger partial charge in [-0.1, -0.05) is 31.2 Å². The predicted molar refractivity (Wildman–Crippen MR) is 72.1 cm³/mol. The van der Waals surface area contributed by atoms with Crippen LogP contribution >= 0.6 is 0 Å². The van der Waals surface area contributed by atoms with E-state index in [-0.39, 0.29) is 0 Å². The Morgan fingerprint density at radius 1 is 1.18 bits per heavy atom. The van der Waals surface area contributed by atoms with E-state index in [9.17, 15) is 0 Å². The van der Waals surface area contributed by atoms with E-state index < -0.39 is 0 Å². The molecule has 1 N–H and O–H groups in total. The molecule has 1 aromatic carbocycles. The summed E-state index contributed by atoms with van der Waals surface area (Å²) in [5.41, 5.74) is 3.03. The minimum atomic E-state index is 0.759. The van der Waals surface area contributed by atoms with Crippen molar-refractivity contribution < 1.29 is 0 Å². The molecule has 2 unspecified atom stereocenters. The van der Waals surface area contributed by atoms with Gasteiger partial charge < -0.3 is 5.32 Å². The van der Waals surface area contributed by atoms with E-state index in [1.165, 1.54) is 37.7 Å². The third-order valence-corrected chi connectivity index (χ3v) is 4.29. The fourth-order valence-corrected chi connectivity index (χ4v) is 3.03. The Morgan fingerprint density at radius 2 is 2.06 bits per heavy atom. The van der Waals surface area contributed by atoms with Crippen LogP contribution in [0.3, 0.4) is 0 Å². The van der Waals surface area contributed by atoms with Crippen molar-refractivity contribution in [2.24, 2.45) is 5.92 Å². The van der Waals surface area contributed by atoms with E-state index in [4.69, 9.17) is 0 Å². The molecular formula is C16H23N. The van der Waals surface area contributed by atoms with Crippen molar-refractivity contribution in [3.05, 3.63) is 35.4 Å². The Hall–Kier alpha value is -0.820. The molecule has 0 bridgehead atoms. The van der Waals surface area contributed by atoms with E-state index >= 15 is 0 Å². The Kier molecular flexibility index (Phi) is 3.19. The van der Waals surface area contributed by atoms with Crippen LogP contribution in [-0.2, 0) is 6.54 Å². The fourth-order valence-electron chi connectivity index (χ4n) is 3.03. The van der Waals surface area contributed by atoms with Crippen LogP contribution in [0, 0.1) is 5.92 Å². The summed E-state index contributed by atoms with van der Waals surface area (Å²) in [6.45, 7) is 3.42. The van der Waals surface area contributed by atoms with Crippen molar-refractivity contribution in [3.63, 3.8) is 0 Å². The normalized spacial score (nSPS) is 28.5. The molecule has 0 spiro atoms. The van der Waals surface area contributed by atoms with E-state index in [0.717, 1.165) is 24.4 Å². The van der Waals surface area contributed by atoms with Crippen LogP contribution in [-0.4, -0.2) is 6.04 Å². The molecule has 2 saturated carbocycles. The van der Waals surface area contributed by atoms with Crippen molar-refractivity contribution in [2.75, 3.05) is 0 Å². The molecule has 17 heavy (non-hydrogen) atoms. The maximum absolute atomic E-state index is 3.71.